The molecule has 2 aromatic rings. The average Bonchev–Trinajstić information content (AvgIpc) is 2.53. The molecule has 2 rings (SSSR count). The fourth-order valence-corrected chi connectivity index (χ4v) is 3.50. The first-order valence-corrected chi connectivity index (χ1v) is 8.67. The number of aryl methyl sites for hydroxylation is 1. The number of sulfonamides is 1. The van der Waals surface area contributed by atoms with E-state index in [2.05, 4.69) is 4.72 Å². The van der Waals surface area contributed by atoms with E-state index in [0.29, 0.717) is 12.2 Å². The van der Waals surface area contributed by atoms with E-state index in [4.69, 9.17) is 4.74 Å². The molecule has 0 saturated heterocycles. The first kappa shape index (κ1) is 16.5. The zero-order valence-corrected chi connectivity index (χ0v) is 13.9. The summed E-state index contributed by atoms with van der Waals surface area (Å²) in [5, 5.41) is 0. The van der Waals surface area contributed by atoms with Crippen molar-refractivity contribution >= 4 is 10.0 Å². The van der Waals surface area contributed by atoms with Crippen molar-refractivity contribution in [2.75, 3.05) is 7.11 Å². The van der Waals surface area contributed by atoms with Gasteiger partial charge in [-0.2, -0.15) is 0 Å². The van der Waals surface area contributed by atoms with Crippen LogP contribution in [0.25, 0.3) is 0 Å². The van der Waals surface area contributed by atoms with Crippen LogP contribution in [0.1, 0.15) is 30.5 Å². The van der Waals surface area contributed by atoms with E-state index >= 15 is 0 Å². The van der Waals surface area contributed by atoms with Crippen molar-refractivity contribution in [2.24, 2.45) is 0 Å². The number of methoxy groups -OCH3 is 1. The van der Waals surface area contributed by atoms with Crippen molar-refractivity contribution in [3.8, 4) is 5.75 Å². The van der Waals surface area contributed by atoms with E-state index in [9.17, 15) is 8.42 Å². The number of benzene rings is 2. The minimum absolute atomic E-state index is 0.235. The Balaban J connectivity index is 2.23. The lowest BCUT2D eigenvalue weighted by atomic mass is 10.0. The van der Waals surface area contributed by atoms with Gasteiger partial charge in [-0.15, -0.1) is 0 Å². The van der Waals surface area contributed by atoms with Gasteiger partial charge in [0.2, 0.25) is 10.0 Å². The Hall–Kier alpha value is -1.85. The normalized spacial score (nSPS) is 12.9. The Bertz CT molecular complexity index is 707. The lowest BCUT2D eigenvalue weighted by Gasteiger charge is -2.18. The van der Waals surface area contributed by atoms with Gasteiger partial charge < -0.3 is 4.74 Å². The summed E-state index contributed by atoms with van der Waals surface area (Å²) in [7, 11) is -2.01. The van der Waals surface area contributed by atoms with E-state index in [1.54, 1.807) is 31.4 Å². The quantitative estimate of drug-likeness (QED) is 0.887. The Morgan fingerprint density at radius 1 is 1.05 bits per heavy atom. The third kappa shape index (κ3) is 3.87. The first-order chi connectivity index (χ1) is 10.5. The second-order valence-electron chi connectivity index (χ2n) is 5.17. The molecule has 1 atom stereocenters. The summed E-state index contributed by atoms with van der Waals surface area (Å²) < 4.78 is 32.8. The molecule has 0 amide bonds. The third-order valence-electron chi connectivity index (χ3n) is 3.56. The fraction of sp³-hybridized carbons (Fsp3) is 0.294. The lowest BCUT2D eigenvalue weighted by molar-refractivity contribution is 0.414. The van der Waals surface area contributed by atoms with Crippen LogP contribution in [0, 0.1) is 6.92 Å². The molecule has 0 unspecified atom stereocenters. The highest BCUT2D eigenvalue weighted by Crippen LogP contribution is 2.22. The van der Waals surface area contributed by atoms with Crippen LogP contribution in [-0.4, -0.2) is 15.5 Å². The minimum atomic E-state index is -3.56. The highest BCUT2D eigenvalue weighted by Gasteiger charge is 2.20. The zero-order valence-electron chi connectivity index (χ0n) is 13.0. The number of ether oxygens (including phenoxy) is 1. The molecule has 0 aliphatic heterocycles. The molecule has 0 fully saturated rings. The van der Waals surface area contributed by atoms with Gasteiger partial charge in [-0.3, -0.25) is 0 Å². The van der Waals surface area contributed by atoms with Crippen molar-refractivity contribution in [1.29, 1.82) is 0 Å². The van der Waals surface area contributed by atoms with Gasteiger partial charge in [0.05, 0.1) is 12.0 Å². The van der Waals surface area contributed by atoms with Gasteiger partial charge in [0, 0.05) is 6.04 Å². The van der Waals surface area contributed by atoms with Gasteiger partial charge in [0.25, 0.3) is 0 Å². The summed E-state index contributed by atoms with van der Waals surface area (Å²) in [6.07, 6.45) is 0.679. The summed E-state index contributed by atoms with van der Waals surface area (Å²) in [5.41, 5.74) is 2.11. The van der Waals surface area contributed by atoms with Gasteiger partial charge in [-0.1, -0.05) is 36.8 Å². The second-order valence-corrected chi connectivity index (χ2v) is 6.88. The van der Waals surface area contributed by atoms with Crippen LogP contribution in [0.4, 0.5) is 0 Å². The molecule has 22 heavy (non-hydrogen) atoms. The molecule has 4 nitrogen and oxygen atoms in total. The predicted octanol–water partition coefficient (Wildman–Crippen LogP) is 3.43. The summed E-state index contributed by atoms with van der Waals surface area (Å²) >= 11 is 0. The number of hydrogen-bond acceptors (Lipinski definition) is 3. The maximum atomic E-state index is 12.5. The van der Waals surface area contributed by atoms with Gasteiger partial charge in [0.15, 0.2) is 0 Å². The number of rotatable bonds is 6. The smallest absolute Gasteiger partial charge is 0.241 e. The monoisotopic (exact) mass is 319 g/mol. The highest BCUT2D eigenvalue weighted by atomic mass is 32.2. The largest absolute Gasteiger partial charge is 0.497 e. The van der Waals surface area contributed by atoms with E-state index in [0.717, 1.165) is 11.1 Å². The fourth-order valence-electron chi connectivity index (χ4n) is 2.20. The van der Waals surface area contributed by atoms with Crippen LogP contribution in [0.3, 0.4) is 0 Å². The van der Waals surface area contributed by atoms with Crippen molar-refractivity contribution in [3.63, 3.8) is 0 Å². The molecule has 0 saturated carbocycles. The molecule has 0 aliphatic carbocycles. The molecule has 0 spiro atoms. The Morgan fingerprint density at radius 3 is 2.14 bits per heavy atom. The Morgan fingerprint density at radius 2 is 1.64 bits per heavy atom. The lowest BCUT2D eigenvalue weighted by Crippen LogP contribution is -2.28. The molecule has 0 heterocycles. The molecule has 5 heteroatoms. The molecule has 118 valence electrons. The summed E-state index contributed by atoms with van der Waals surface area (Å²) in [4.78, 5) is 0.235. The van der Waals surface area contributed by atoms with E-state index in [1.807, 2.05) is 38.1 Å². The van der Waals surface area contributed by atoms with Crippen molar-refractivity contribution in [1.82, 2.24) is 4.72 Å². The minimum Gasteiger partial charge on any atom is -0.497 e. The summed E-state index contributed by atoms with van der Waals surface area (Å²) in [6.45, 7) is 3.97. The summed E-state index contributed by atoms with van der Waals surface area (Å²) in [6, 6.07) is 14.0. The first-order valence-electron chi connectivity index (χ1n) is 7.19. The Labute approximate surface area is 132 Å². The number of nitrogens with one attached hydrogen (secondary N) is 1. The van der Waals surface area contributed by atoms with Crippen molar-refractivity contribution in [3.05, 3.63) is 59.7 Å². The molecule has 2 aromatic carbocycles. The second kappa shape index (κ2) is 6.94. The predicted molar refractivity (Wildman–Crippen MR) is 87.5 cm³/mol. The molecular weight excluding hydrogens is 298 g/mol. The SMILES string of the molecule is CC[C@H](NS(=O)(=O)c1ccc(OC)cc1)c1ccc(C)cc1. The molecular formula is C17H21NO3S. The van der Waals surface area contributed by atoms with Gasteiger partial charge in [0.1, 0.15) is 5.75 Å². The maximum absolute atomic E-state index is 12.5. The third-order valence-corrected chi connectivity index (χ3v) is 5.04. The van der Waals surface area contributed by atoms with Crippen LogP contribution >= 0.6 is 0 Å². The highest BCUT2D eigenvalue weighted by molar-refractivity contribution is 7.89. The van der Waals surface area contributed by atoms with Gasteiger partial charge in [-0.25, -0.2) is 13.1 Å². The Kier molecular flexibility index (Phi) is 5.21. The van der Waals surface area contributed by atoms with Gasteiger partial charge in [-0.05, 0) is 43.2 Å². The van der Waals surface area contributed by atoms with E-state index in [-0.39, 0.29) is 10.9 Å². The van der Waals surface area contributed by atoms with E-state index < -0.39 is 10.0 Å². The van der Waals surface area contributed by atoms with Gasteiger partial charge >= 0.3 is 0 Å². The van der Waals surface area contributed by atoms with Crippen LogP contribution in [0.15, 0.2) is 53.4 Å². The maximum Gasteiger partial charge on any atom is 0.241 e. The van der Waals surface area contributed by atoms with E-state index in [1.165, 1.54) is 0 Å². The van der Waals surface area contributed by atoms with Crippen molar-refractivity contribution < 1.29 is 13.2 Å². The molecule has 0 radical (unpaired) electrons. The van der Waals surface area contributed by atoms with Crippen LogP contribution in [-0.2, 0) is 10.0 Å². The summed E-state index contributed by atoms with van der Waals surface area (Å²) in [5.74, 6) is 0.629. The standard InChI is InChI=1S/C17H21NO3S/c1-4-17(14-7-5-13(2)6-8-14)18-22(19,20)16-11-9-15(21-3)10-12-16/h5-12,17-18H,4H2,1-3H3/t17-/m0/s1. The van der Waals surface area contributed by atoms with Crippen molar-refractivity contribution in [2.45, 2.75) is 31.2 Å². The molecule has 0 bridgehead atoms. The van der Waals surface area contributed by atoms with Crippen LogP contribution < -0.4 is 9.46 Å². The zero-order chi connectivity index (χ0) is 16.2. The topological polar surface area (TPSA) is 55.4 Å². The molecule has 1 N–H and O–H groups in total. The molecule has 0 aromatic heterocycles. The van der Waals surface area contributed by atoms with Crippen LogP contribution in [0.5, 0.6) is 5.75 Å². The average molecular weight is 319 g/mol. The number of hydrogen-bond donors (Lipinski definition) is 1. The van der Waals surface area contributed by atoms with Crippen LogP contribution in [0.2, 0.25) is 0 Å². The molecule has 0 aliphatic rings.